The van der Waals surface area contributed by atoms with Crippen molar-refractivity contribution in [3.05, 3.63) is 199 Å². The van der Waals surface area contributed by atoms with Gasteiger partial charge in [0, 0.05) is 38.6 Å². The van der Waals surface area contributed by atoms with Gasteiger partial charge in [0.15, 0.2) is 0 Å². The highest BCUT2D eigenvalue weighted by Crippen LogP contribution is 2.55. The normalized spacial score (nSPS) is 13.1. The number of hydrogen-bond donors (Lipinski definition) is 0. The van der Waals surface area contributed by atoms with E-state index in [0.29, 0.717) is 0 Å². The Morgan fingerprint density at radius 3 is 1.91 bits per heavy atom. The minimum atomic E-state index is -0.123. The highest BCUT2D eigenvalue weighted by molar-refractivity contribution is 6.18. The Morgan fingerprint density at radius 2 is 1.05 bits per heavy atom. The third-order valence-corrected chi connectivity index (χ3v) is 11.8. The maximum absolute atomic E-state index is 6.65. The Morgan fingerprint density at radius 1 is 0.418 bits per heavy atom. The molecule has 1 aliphatic rings. The Bertz CT molecular complexity index is 3130. The first-order valence-electron chi connectivity index (χ1n) is 19.1. The van der Waals surface area contributed by atoms with Gasteiger partial charge in [-0.15, -0.1) is 0 Å². The predicted octanol–water partition coefficient (Wildman–Crippen LogP) is 15.0. The second kappa shape index (κ2) is 12.1. The van der Waals surface area contributed by atoms with E-state index in [1.165, 1.54) is 60.6 Å². The first-order chi connectivity index (χ1) is 27.0. The van der Waals surface area contributed by atoms with Crippen LogP contribution in [0.15, 0.2) is 192 Å². The molecule has 0 atom stereocenters. The number of furan rings is 1. The van der Waals surface area contributed by atoms with E-state index < -0.39 is 0 Å². The largest absolute Gasteiger partial charge is 0.455 e. The van der Waals surface area contributed by atoms with E-state index in [0.717, 1.165) is 44.4 Å². The Balaban J connectivity index is 1.15. The van der Waals surface area contributed by atoms with Crippen LogP contribution in [0.3, 0.4) is 0 Å². The van der Waals surface area contributed by atoms with Gasteiger partial charge in [-0.3, -0.25) is 0 Å². The van der Waals surface area contributed by atoms with Crippen LogP contribution < -0.4 is 4.90 Å². The van der Waals surface area contributed by atoms with Crippen LogP contribution in [0.1, 0.15) is 25.0 Å². The molecule has 0 saturated carbocycles. The lowest BCUT2D eigenvalue weighted by atomic mass is 9.82. The number of para-hydroxylation sites is 2. The number of rotatable bonds is 5. The summed E-state index contributed by atoms with van der Waals surface area (Å²) in [5.74, 6) is 0. The lowest BCUT2D eigenvalue weighted by molar-refractivity contribution is 0.660. The number of anilines is 3. The first kappa shape index (κ1) is 31.6. The summed E-state index contributed by atoms with van der Waals surface area (Å²) in [6.07, 6.45) is 0. The van der Waals surface area contributed by atoms with E-state index in [9.17, 15) is 0 Å². The molecule has 9 aromatic carbocycles. The van der Waals surface area contributed by atoms with Crippen LogP contribution in [-0.4, -0.2) is 0 Å². The molecule has 10 aromatic rings. The second-order valence-corrected chi connectivity index (χ2v) is 15.3. The van der Waals surface area contributed by atoms with Crippen molar-refractivity contribution in [2.24, 2.45) is 0 Å². The third kappa shape index (κ3) is 4.81. The average Bonchev–Trinajstić information content (AvgIpc) is 3.72. The molecular weight excluding hydrogens is 667 g/mol. The molecule has 0 bridgehead atoms. The molecule has 1 aliphatic carbocycles. The van der Waals surface area contributed by atoms with Crippen molar-refractivity contribution in [1.82, 2.24) is 0 Å². The van der Waals surface area contributed by atoms with Gasteiger partial charge in [0.05, 0.1) is 11.4 Å². The number of nitrogens with zero attached hydrogens (tertiary/aromatic N) is 1. The smallest absolute Gasteiger partial charge is 0.143 e. The highest BCUT2D eigenvalue weighted by Gasteiger charge is 2.38. The second-order valence-electron chi connectivity index (χ2n) is 15.3. The van der Waals surface area contributed by atoms with Crippen molar-refractivity contribution < 1.29 is 4.42 Å². The summed E-state index contributed by atoms with van der Waals surface area (Å²) in [7, 11) is 0. The summed E-state index contributed by atoms with van der Waals surface area (Å²) in [5, 5.41) is 7.13. The average molecular weight is 704 g/mol. The van der Waals surface area contributed by atoms with Gasteiger partial charge in [0.1, 0.15) is 11.2 Å². The summed E-state index contributed by atoms with van der Waals surface area (Å²) in [6, 6.07) is 68.5. The zero-order chi connectivity index (χ0) is 36.7. The predicted molar refractivity (Wildman–Crippen MR) is 232 cm³/mol. The number of benzene rings is 9. The van der Waals surface area contributed by atoms with E-state index in [-0.39, 0.29) is 5.41 Å². The molecule has 55 heavy (non-hydrogen) atoms. The van der Waals surface area contributed by atoms with Crippen LogP contribution in [0.5, 0.6) is 0 Å². The van der Waals surface area contributed by atoms with Crippen molar-refractivity contribution in [2.75, 3.05) is 4.90 Å². The molecule has 1 heterocycles. The molecule has 2 heteroatoms. The van der Waals surface area contributed by atoms with Gasteiger partial charge in [-0.1, -0.05) is 159 Å². The Hall–Kier alpha value is -6.90. The van der Waals surface area contributed by atoms with Crippen molar-refractivity contribution >= 4 is 60.5 Å². The monoisotopic (exact) mass is 703 g/mol. The van der Waals surface area contributed by atoms with Crippen molar-refractivity contribution in [3.63, 3.8) is 0 Å². The fourth-order valence-corrected chi connectivity index (χ4v) is 9.19. The molecule has 260 valence electrons. The Kier molecular flexibility index (Phi) is 6.93. The van der Waals surface area contributed by atoms with Gasteiger partial charge in [0.2, 0.25) is 0 Å². The summed E-state index contributed by atoms with van der Waals surface area (Å²) >= 11 is 0. The van der Waals surface area contributed by atoms with E-state index in [1.54, 1.807) is 0 Å². The van der Waals surface area contributed by atoms with Crippen LogP contribution in [-0.2, 0) is 5.41 Å². The minimum Gasteiger partial charge on any atom is -0.455 e. The standard InChI is InChI=1S/C53H37NO/c1-53(2)45-21-10-7-20-43(45)51-46(53)22-13-24-48(51)54(47-23-11-8-17-40(47)38-27-26-34-14-3-4-15-36(34)32-38)39-30-28-35(29-31-39)50-41-18-6-5-16-37(41)33-44-42-19-9-12-25-49(42)55-52(44)50/h3-33H,1-2H3. The maximum atomic E-state index is 6.65. The van der Waals surface area contributed by atoms with E-state index in [1.807, 2.05) is 6.07 Å². The van der Waals surface area contributed by atoms with Crippen molar-refractivity contribution in [1.29, 1.82) is 0 Å². The van der Waals surface area contributed by atoms with Crippen LogP contribution in [0.25, 0.3) is 76.9 Å². The molecular formula is C53H37NO. The first-order valence-corrected chi connectivity index (χ1v) is 19.1. The molecule has 0 saturated heterocycles. The summed E-state index contributed by atoms with van der Waals surface area (Å²) in [5.41, 5.74) is 15.0. The van der Waals surface area contributed by atoms with Gasteiger partial charge < -0.3 is 9.32 Å². The van der Waals surface area contributed by atoms with Crippen LogP contribution in [0.2, 0.25) is 0 Å². The zero-order valence-electron chi connectivity index (χ0n) is 30.8. The zero-order valence-corrected chi connectivity index (χ0v) is 30.8. The molecule has 0 aliphatic heterocycles. The summed E-state index contributed by atoms with van der Waals surface area (Å²) < 4.78 is 6.65. The number of fused-ring (bicyclic) bond motifs is 8. The molecule has 0 N–H and O–H groups in total. The van der Waals surface area contributed by atoms with Gasteiger partial charge >= 0.3 is 0 Å². The van der Waals surface area contributed by atoms with E-state index in [4.69, 9.17) is 4.42 Å². The molecule has 0 fully saturated rings. The maximum Gasteiger partial charge on any atom is 0.143 e. The quantitative estimate of drug-likeness (QED) is 0.177. The molecule has 0 spiro atoms. The topological polar surface area (TPSA) is 16.4 Å². The van der Waals surface area contributed by atoms with Crippen LogP contribution in [0, 0.1) is 0 Å². The fraction of sp³-hybridized carbons (Fsp3) is 0.0566. The van der Waals surface area contributed by atoms with Gasteiger partial charge in [-0.25, -0.2) is 0 Å². The summed E-state index contributed by atoms with van der Waals surface area (Å²) in [4.78, 5) is 2.48. The highest BCUT2D eigenvalue weighted by atomic mass is 16.3. The SMILES string of the molecule is CC1(C)c2ccccc2-c2c(N(c3ccc(-c4c5ccccc5cc5c4oc4ccccc45)cc3)c3ccccc3-c3ccc4ccccc4c3)cccc21. The lowest BCUT2D eigenvalue weighted by Crippen LogP contribution is -2.16. The lowest BCUT2D eigenvalue weighted by Gasteiger charge is -2.30. The third-order valence-electron chi connectivity index (χ3n) is 11.8. The molecule has 1 aromatic heterocycles. The van der Waals surface area contributed by atoms with E-state index >= 15 is 0 Å². The van der Waals surface area contributed by atoms with E-state index in [2.05, 4.69) is 201 Å². The molecule has 0 amide bonds. The van der Waals surface area contributed by atoms with Gasteiger partial charge in [-0.05, 0) is 91.8 Å². The molecule has 0 unspecified atom stereocenters. The molecule has 2 nitrogen and oxygen atoms in total. The number of hydrogen-bond acceptors (Lipinski definition) is 2. The summed E-state index contributed by atoms with van der Waals surface area (Å²) in [6.45, 7) is 4.71. The van der Waals surface area contributed by atoms with Crippen molar-refractivity contribution in [2.45, 2.75) is 19.3 Å². The van der Waals surface area contributed by atoms with Crippen LogP contribution in [0.4, 0.5) is 17.1 Å². The molecule has 11 rings (SSSR count). The van der Waals surface area contributed by atoms with Gasteiger partial charge in [-0.2, -0.15) is 0 Å². The molecule has 0 radical (unpaired) electrons. The van der Waals surface area contributed by atoms with Crippen molar-refractivity contribution in [3.8, 4) is 33.4 Å². The van der Waals surface area contributed by atoms with Crippen LogP contribution >= 0.6 is 0 Å². The fourth-order valence-electron chi connectivity index (χ4n) is 9.19. The Labute approximate surface area is 320 Å². The minimum absolute atomic E-state index is 0.123. The van der Waals surface area contributed by atoms with Gasteiger partial charge in [0.25, 0.3) is 0 Å².